The molecule has 0 radical (unpaired) electrons. The molecule has 0 atom stereocenters. The van der Waals surface area contributed by atoms with Crippen molar-refractivity contribution in [3.8, 4) is 0 Å². The molecule has 0 amide bonds. The zero-order valence-electron chi connectivity index (χ0n) is 10.1. The van der Waals surface area contributed by atoms with Crippen molar-refractivity contribution in [3.05, 3.63) is 16.3 Å². The summed E-state index contributed by atoms with van der Waals surface area (Å²) in [5.74, 6) is 0. The Morgan fingerprint density at radius 3 is 2.61 bits per heavy atom. The molecule has 0 aromatic carbocycles. The van der Waals surface area contributed by atoms with E-state index in [-0.39, 0.29) is 11.5 Å². The second kappa shape index (κ2) is 5.16. The number of sulfonamides is 1. The Labute approximate surface area is 109 Å². The third kappa shape index (κ3) is 4.94. The van der Waals surface area contributed by atoms with Gasteiger partial charge < -0.3 is 5.32 Å². The highest BCUT2D eigenvalue weighted by Crippen LogP contribution is 2.25. The standard InChI is InChI=1S/C8H14N4O4S2/c1-8(2,11-18(3,15)16)5-10-7-9-4-6(17-7)12(13)14/h4,11H,5H2,1-3H3,(H,9,10). The predicted octanol–water partition coefficient (Wildman–Crippen LogP) is 0.791. The average Bonchev–Trinajstić information content (AvgIpc) is 2.59. The largest absolute Gasteiger partial charge is 0.359 e. The van der Waals surface area contributed by atoms with Gasteiger partial charge >= 0.3 is 5.00 Å². The van der Waals surface area contributed by atoms with Crippen molar-refractivity contribution in [2.24, 2.45) is 0 Å². The zero-order chi connectivity index (χ0) is 14.0. The van der Waals surface area contributed by atoms with E-state index in [9.17, 15) is 18.5 Å². The first-order valence-corrected chi connectivity index (χ1v) is 7.63. The average molecular weight is 294 g/mol. The minimum atomic E-state index is -3.31. The van der Waals surface area contributed by atoms with Crippen LogP contribution in [0, 0.1) is 10.1 Å². The summed E-state index contributed by atoms with van der Waals surface area (Å²) in [7, 11) is -3.31. The van der Waals surface area contributed by atoms with Crippen molar-refractivity contribution in [2.45, 2.75) is 19.4 Å². The molecular weight excluding hydrogens is 280 g/mol. The van der Waals surface area contributed by atoms with E-state index in [1.54, 1.807) is 13.8 Å². The van der Waals surface area contributed by atoms with Crippen LogP contribution in [0.3, 0.4) is 0 Å². The van der Waals surface area contributed by atoms with Crippen LogP contribution in [0.25, 0.3) is 0 Å². The molecular formula is C8H14N4O4S2. The van der Waals surface area contributed by atoms with Crippen molar-refractivity contribution < 1.29 is 13.3 Å². The summed E-state index contributed by atoms with van der Waals surface area (Å²) in [6, 6.07) is 0. The van der Waals surface area contributed by atoms with Crippen LogP contribution in [0.15, 0.2) is 6.20 Å². The van der Waals surface area contributed by atoms with E-state index in [1.807, 2.05) is 0 Å². The Kier molecular flexibility index (Phi) is 4.24. The molecule has 0 aliphatic heterocycles. The van der Waals surface area contributed by atoms with Crippen LogP contribution in [-0.2, 0) is 10.0 Å². The lowest BCUT2D eigenvalue weighted by Crippen LogP contribution is -2.47. The Morgan fingerprint density at radius 1 is 1.56 bits per heavy atom. The van der Waals surface area contributed by atoms with Gasteiger partial charge in [-0.2, -0.15) is 0 Å². The maximum Gasteiger partial charge on any atom is 0.345 e. The fourth-order valence-electron chi connectivity index (χ4n) is 1.27. The molecule has 1 heterocycles. The maximum atomic E-state index is 11.1. The summed E-state index contributed by atoms with van der Waals surface area (Å²) < 4.78 is 24.7. The van der Waals surface area contributed by atoms with Crippen LogP contribution >= 0.6 is 11.3 Å². The molecule has 1 aromatic rings. The highest BCUT2D eigenvalue weighted by molar-refractivity contribution is 7.88. The smallest absolute Gasteiger partial charge is 0.345 e. The molecule has 8 nitrogen and oxygen atoms in total. The van der Waals surface area contributed by atoms with Gasteiger partial charge in [-0.15, -0.1) is 0 Å². The first kappa shape index (κ1) is 14.8. The van der Waals surface area contributed by atoms with Crippen LogP contribution in [0.5, 0.6) is 0 Å². The van der Waals surface area contributed by atoms with Crippen LogP contribution in [0.4, 0.5) is 10.1 Å². The second-order valence-corrected chi connectivity index (χ2v) is 7.13. The van der Waals surface area contributed by atoms with Gasteiger partial charge in [-0.1, -0.05) is 0 Å². The van der Waals surface area contributed by atoms with Crippen molar-refractivity contribution in [2.75, 3.05) is 18.1 Å². The summed E-state index contributed by atoms with van der Waals surface area (Å²) in [5.41, 5.74) is -0.714. The molecule has 1 aromatic heterocycles. The van der Waals surface area contributed by atoms with Crippen LogP contribution in [0.1, 0.15) is 13.8 Å². The summed E-state index contributed by atoms with van der Waals surface area (Å²) in [6.07, 6.45) is 2.23. The van der Waals surface area contributed by atoms with Crippen LogP contribution < -0.4 is 10.0 Å². The number of nitrogens with zero attached hydrogens (tertiary/aromatic N) is 2. The van der Waals surface area contributed by atoms with E-state index in [0.717, 1.165) is 23.8 Å². The second-order valence-electron chi connectivity index (χ2n) is 4.37. The van der Waals surface area contributed by atoms with Gasteiger partial charge in [0.15, 0.2) is 5.13 Å². The van der Waals surface area contributed by atoms with E-state index < -0.39 is 20.5 Å². The third-order valence-electron chi connectivity index (χ3n) is 1.82. The lowest BCUT2D eigenvalue weighted by molar-refractivity contribution is -0.380. The fraction of sp³-hybridized carbons (Fsp3) is 0.625. The number of nitro groups is 1. The maximum absolute atomic E-state index is 11.1. The summed E-state index contributed by atoms with van der Waals surface area (Å²) >= 11 is 0.901. The molecule has 0 aliphatic carbocycles. The van der Waals surface area contributed by atoms with E-state index in [2.05, 4.69) is 15.0 Å². The number of hydrogen-bond donors (Lipinski definition) is 2. The summed E-state index contributed by atoms with van der Waals surface area (Å²) in [5, 5.41) is 13.6. The zero-order valence-corrected chi connectivity index (χ0v) is 11.8. The van der Waals surface area contributed by atoms with Gasteiger partial charge in [0.2, 0.25) is 10.0 Å². The number of rotatable bonds is 6. The minimum Gasteiger partial charge on any atom is -0.359 e. The third-order valence-corrected chi connectivity index (χ3v) is 3.65. The molecule has 0 fully saturated rings. The molecule has 2 N–H and O–H groups in total. The summed E-state index contributed by atoms with van der Waals surface area (Å²) in [4.78, 5) is 13.8. The molecule has 0 spiro atoms. The normalized spacial score (nSPS) is 12.4. The Hall–Kier alpha value is -1.26. The predicted molar refractivity (Wildman–Crippen MR) is 69.3 cm³/mol. The van der Waals surface area contributed by atoms with Gasteiger partial charge in [-0.3, -0.25) is 10.1 Å². The highest BCUT2D eigenvalue weighted by atomic mass is 32.2. The topological polar surface area (TPSA) is 114 Å². The molecule has 0 unspecified atom stereocenters. The van der Waals surface area contributed by atoms with Gasteiger partial charge in [-0.25, -0.2) is 18.1 Å². The molecule has 0 saturated heterocycles. The summed E-state index contributed by atoms with van der Waals surface area (Å²) in [6.45, 7) is 3.66. The Balaban J connectivity index is 2.61. The van der Waals surface area contributed by atoms with Gasteiger partial charge in [-0.05, 0) is 25.2 Å². The monoisotopic (exact) mass is 294 g/mol. The minimum absolute atomic E-state index is 0.0635. The van der Waals surface area contributed by atoms with E-state index >= 15 is 0 Å². The highest BCUT2D eigenvalue weighted by Gasteiger charge is 2.22. The van der Waals surface area contributed by atoms with Crippen molar-refractivity contribution in [1.29, 1.82) is 0 Å². The van der Waals surface area contributed by atoms with E-state index in [4.69, 9.17) is 0 Å². The molecule has 1 rings (SSSR count). The molecule has 18 heavy (non-hydrogen) atoms. The molecule has 0 saturated carbocycles. The van der Waals surface area contributed by atoms with E-state index in [1.165, 1.54) is 0 Å². The molecule has 10 heteroatoms. The molecule has 102 valence electrons. The van der Waals surface area contributed by atoms with Gasteiger partial charge in [0.25, 0.3) is 0 Å². The van der Waals surface area contributed by atoms with Gasteiger partial charge in [0.1, 0.15) is 6.20 Å². The molecule has 0 aliphatic rings. The van der Waals surface area contributed by atoms with Crippen LogP contribution in [-0.4, -0.2) is 36.7 Å². The SMILES string of the molecule is CC(C)(CNc1ncc([N+](=O)[O-])s1)NS(C)(=O)=O. The Morgan fingerprint density at radius 2 is 2.17 bits per heavy atom. The number of hydrogen-bond acceptors (Lipinski definition) is 7. The lowest BCUT2D eigenvalue weighted by Gasteiger charge is -2.24. The van der Waals surface area contributed by atoms with Gasteiger partial charge in [0.05, 0.1) is 11.2 Å². The first-order valence-electron chi connectivity index (χ1n) is 4.92. The van der Waals surface area contributed by atoms with Crippen LogP contribution in [0.2, 0.25) is 0 Å². The number of thiazole rings is 1. The fourth-order valence-corrected chi connectivity index (χ4v) is 2.97. The van der Waals surface area contributed by atoms with Crippen molar-refractivity contribution >= 4 is 31.5 Å². The number of nitrogens with one attached hydrogen (secondary N) is 2. The van der Waals surface area contributed by atoms with Gasteiger partial charge in [0, 0.05) is 12.1 Å². The van der Waals surface area contributed by atoms with Crippen molar-refractivity contribution in [1.82, 2.24) is 9.71 Å². The lowest BCUT2D eigenvalue weighted by atomic mass is 10.1. The van der Waals surface area contributed by atoms with E-state index in [0.29, 0.717) is 5.13 Å². The first-order chi connectivity index (χ1) is 8.09. The van der Waals surface area contributed by atoms with Crippen molar-refractivity contribution in [3.63, 3.8) is 0 Å². The number of anilines is 1. The Bertz CT molecular complexity index is 537. The quantitative estimate of drug-likeness (QED) is 0.592. The number of aromatic nitrogens is 1. The molecule has 0 bridgehead atoms.